The average molecular weight is 431 g/mol. The quantitative estimate of drug-likeness (QED) is 0.239. The van der Waals surface area contributed by atoms with Crippen molar-refractivity contribution >= 4 is 37.5 Å². The van der Waals surface area contributed by atoms with Crippen LogP contribution < -0.4 is 0 Å². The number of hydrogen-bond donors (Lipinski definition) is 1. The number of halogens is 1. The van der Waals surface area contributed by atoms with Gasteiger partial charge in [-0.05, 0) is 0 Å². The molecule has 0 fully saturated rings. The second kappa shape index (κ2) is 16.0. The molecule has 0 amide bonds. The van der Waals surface area contributed by atoms with Crippen molar-refractivity contribution in [3.05, 3.63) is 8.55 Å². The summed E-state index contributed by atoms with van der Waals surface area (Å²) in [6.07, 6.45) is 14.2. The van der Waals surface area contributed by atoms with E-state index in [0.717, 1.165) is 3.58 Å². The van der Waals surface area contributed by atoms with Crippen LogP contribution >= 0.6 is 22.6 Å². The second-order valence-electron chi connectivity index (χ2n) is 4.78. The van der Waals surface area contributed by atoms with Gasteiger partial charge in [0.25, 0.3) is 0 Å². The summed E-state index contributed by atoms with van der Waals surface area (Å²) in [5.41, 5.74) is 0. The number of hydrogen-bond acceptors (Lipinski definition) is 1. The number of unbranched alkanes of at least 4 members (excludes halogenated alkanes) is 9. The first-order valence-electron chi connectivity index (χ1n) is 7.38. The second-order valence-corrected chi connectivity index (χ2v) is 8.21. The van der Waals surface area contributed by atoms with E-state index in [2.05, 4.69) is 34.5 Å². The fourth-order valence-corrected chi connectivity index (χ4v) is 4.35. The van der Waals surface area contributed by atoms with Crippen molar-refractivity contribution in [2.24, 2.45) is 0 Å². The Hall–Kier alpha value is 0.949. The minimum absolute atomic E-state index is 0.223. The molecule has 1 nitrogen and oxygen atoms in total. The van der Waals surface area contributed by atoms with E-state index in [4.69, 9.17) is 5.11 Å². The first-order chi connectivity index (χ1) is 8.81. The number of aliphatic hydroxyl groups excluding tert-OH is 1. The molecule has 0 aliphatic carbocycles. The predicted octanol–water partition coefficient (Wildman–Crippen LogP) is 5.30. The van der Waals surface area contributed by atoms with E-state index in [9.17, 15) is 0 Å². The Morgan fingerprint density at radius 1 is 0.944 bits per heavy atom. The van der Waals surface area contributed by atoms with Crippen molar-refractivity contribution < 1.29 is 5.11 Å². The van der Waals surface area contributed by atoms with Crippen LogP contribution in [0, 0.1) is 0 Å². The normalized spacial score (nSPS) is 12.1. The maximum absolute atomic E-state index is 8.85. The Balaban J connectivity index is 3.03. The molecule has 0 aliphatic rings. The molecule has 0 atom stereocenters. The number of aliphatic hydroxyl groups is 1. The summed E-state index contributed by atoms with van der Waals surface area (Å²) >= 11 is 2.84. The van der Waals surface area contributed by atoms with Gasteiger partial charge in [0.1, 0.15) is 0 Å². The Bertz CT molecular complexity index is 195. The van der Waals surface area contributed by atoms with Crippen molar-refractivity contribution in [2.75, 3.05) is 6.61 Å². The molecule has 0 rings (SSSR count). The molecule has 0 unspecified atom stereocenters. The van der Waals surface area contributed by atoms with Crippen LogP contribution in [0.2, 0.25) is 5.32 Å². The molecule has 108 valence electrons. The molecule has 0 aromatic rings. The van der Waals surface area contributed by atoms with Crippen molar-refractivity contribution in [3.63, 3.8) is 0 Å². The molecule has 0 bridgehead atoms. The third-order valence-electron chi connectivity index (χ3n) is 2.98. The summed E-state index contributed by atoms with van der Waals surface area (Å²) in [6, 6.07) is 0. The van der Waals surface area contributed by atoms with Gasteiger partial charge < -0.3 is 0 Å². The summed E-state index contributed by atoms with van der Waals surface area (Å²) in [4.78, 5) is 2.22. The fraction of sp³-hybridized carbons (Fsp3) is 0.867. The molecular formula is C15H29IOSe. The summed E-state index contributed by atoms with van der Waals surface area (Å²) < 4.78 is 1.11. The van der Waals surface area contributed by atoms with Crippen molar-refractivity contribution in [2.45, 2.75) is 76.5 Å². The van der Waals surface area contributed by atoms with Crippen LogP contribution in [0.3, 0.4) is 0 Å². The third kappa shape index (κ3) is 15.0. The zero-order valence-corrected chi connectivity index (χ0v) is 15.7. The van der Waals surface area contributed by atoms with Gasteiger partial charge in [0.05, 0.1) is 0 Å². The van der Waals surface area contributed by atoms with E-state index in [1.165, 1.54) is 69.5 Å². The van der Waals surface area contributed by atoms with E-state index < -0.39 is 0 Å². The molecule has 0 spiro atoms. The first-order valence-corrected chi connectivity index (χ1v) is 10.7. The number of rotatable bonds is 13. The topological polar surface area (TPSA) is 20.2 Å². The Morgan fingerprint density at radius 3 is 1.94 bits per heavy atom. The van der Waals surface area contributed by atoms with Gasteiger partial charge in [0, 0.05) is 0 Å². The molecule has 0 saturated carbocycles. The van der Waals surface area contributed by atoms with Crippen LogP contribution in [0.15, 0.2) is 8.55 Å². The van der Waals surface area contributed by atoms with Crippen LogP contribution in [0.1, 0.15) is 71.1 Å². The van der Waals surface area contributed by atoms with Crippen molar-refractivity contribution in [1.82, 2.24) is 0 Å². The van der Waals surface area contributed by atoms with Gasteiger partial charge in [0.2, 0.25) is 0 Å². The summed E-state index contributed by atoms with van der Waals surface area (Å²) in [7, 11) is 0. The summed E-state index contributed by atoms with van der Waals surface area (Å²) in [5, 5.41) is 10.2. The van der Waals surface area contributed by atoms with E-state index in [0.29, 0.717) is 15.0 Å². The van der Waals surface area contributed by atoms with E-state index in [1.807, 2.05) is 0 Å². The molecule has 0 aliphatic heterocycles. The van der Waals surface area contributed by atoms with Crippen LogP contribution in [0.4, 0.5) is 0 Å². The standard InChI is InChI=1S/C15H29IOSe/c1-2-3-4-5-6-7-8-9-10-11-12-18-14-15(16)13-17/h14,17H,2-13H2,1H3/b15-14-. The molecule has 3 heteroatoms. The maximum atomic E-state index is 8.85. The van der Waals surface area contributed by atoms with Crippen LogP contribution in [0.25, 0.3) is 0 Å². The SMILES string of the molecule is CCCCCCCCCCCC[Se]/C=C(\I)CO. The molecule has 0 saturated heterocycles. The Labute approximate surface area is 133 Å². The van der Waals surface area contributed by atoms with Gasteiger partial charge >= 0.3 is 134 Å². The van der Waals surface area contributed by atoms with Crippen molar-refractivity contribution in [1.29, 1.82) is 0 Å². The monoisotopic (exact) mass is 432 g/mol. The Kier molecular flexibility index (Phi) is 16.8. The van der Waals surface area contributed by atoms with Crippen molar-refractivity contribution in [3.8, 4) is 0 Å². The fourth-order valence-electron chi connectivity index (χ4n) is 1.86. The average Bonchev–Trinajstić information content (AvgIpc) is 2.39. The van der Waals surface area contributed by atoms with E-state index in [1.54, 1.807) is 0 Å². The van der Waals surface area contributed by atoms with Gasteiger partial charge in [0.15, 0.2) is 0 Å². The molecule has 18 heavy (non-hydrogen) atoms. The van der Waals surface area contributed by atoms with Crippen LogP contribution in [-0.4, -0.2) is 26.7 Å². The zero-order chi connectivity index (χ0) is 13.5. The third-order valence-corrected chi connectivity index (χ3v) is 6.63. The van der Waals surface area contributed by atoms with Gasteiger partial charge in [-0.2, -0.15) is 0 Å². The molecule has 0 heterocycles. The summed E-state index contributed by atoms with van der Waals surface area (Å²) in [5.74, 6) is 0. The summed E-state index contributed by atoms with van der Waals surface area (Å²) in [6.45, 7) is 2.50. The predicted molar refractivity (Wildman–Crippen MR) is 91.6 cm³/mol. The van der Waals surface area contributed by atoms with Gasteiger partial charge in [-0.25, -0.2) is 0 Å². The van der Waals surface area contributed by atoms with Gasteiger partial charge in [-0.1, -0.05) is 0 Å². The molecular weight excluding hydrogens is 402 g/mol. The van der Waals surface area contributed by atoms with Crippen LogP contribution in [-0.2, 0) is 0 Å². The molecule has 0 aromatic heterocycles. The van der Waals surface area contributed by atoms with Gasteiger partial charge in [-0.15, -0.1) is 0 Å². The first kappa shape index (κ1) is 18.9. The Morgan fingerprint density at radius 2 is 1.44 bits per heavy atom. The van der Waals surface area contributed by atoms with E-state index >= 15 is 0 Å². The zero-order valence-electron chi connectivity index (χ0n) is 11.8. The van der Waals surface area contributed by atoms with Gasteiger partial charge in [-0.3, -0.25) is 0 Å². The molecule has 1 N–H and O–H groups in total. The minimum atomic E-state index is 0.223. The molecule has 0 radical (unpaired) electrons. The van der Waals surface area contributed by atoms with Crippen LogP contribution in [0.5, 0.6) is 0 Å². The van der Waals surface area contributed by atoms with E-state index in [-0.39, 0.29) is 6.61 Å². The molecule has 0 aromatic carbocycles.